The van der Waals surface area contributed by atoms with E-state index in [1.165, 1.54) is 0 Å². The van der Waals surface area contributed by atoms with Crippen molar-refractivity contribution in [2.45, 2.75) is 61.7 Å². The van der Waals surface area contributed by atoms with E-state index in [0.29, 0.717) is 6.61 Å². The fraction of sp³-hybridized carbons (Fsp3) is 0.538. The third-order valence-corrected chi connectivity index (χ3v) is 6.52. The largest absolute Gasteiger partial charge is 0.394 e. The minimum Gasteiger partial charge on any atom is -0.394 e. The first-order valence-electron chi connectivity index (χ1n) is 12.1. The van der Waals surface area contributed by atoms with Crippen LogP contribution in [0.4, 0.5) is 0 Å². The maximum absolute atomic E-state index is 11.3. The highest BCUT2D eigenvalue weighted by atomic mass is 16.7. The predicted molar refractivity (Wildman–Crippen MR) is 127 cm³/mol. The van der Waals surface area contributed by atoms with Gasteiger partial charge in [-0.15, -0.1) is 0 Å². The van der Waals surface area contributed by atoms with Crippen molar-refractivity contribution < 1.29 is 44.1 Å². The molecule has 2 aliphatic rings. The van der Waals surface area contributed by atoms with E-state index in [4.69, 9.17) is 29.4 Å². The molecular weight excluding hydrogens is 470 g/mol. The van der Waals surface area contributed by atoms with Crippen molar-refractivity contribution in [2.24, 2.45) is 5.73 Å². The highest BCUT2D eigenvalue weighted by molar-refractivity contribution is 5.14. The molecule has 2 saturated heterocycles. The standard InChI is InChI=1S/C26H35NO9/c27-19-14-33-21(15-32-12-17-7-3-1-4-8-17)24(23(19)35-13-18-9-5-2-6-10-18)36-26(31)22(29)16-34-20(11-28)25(26)30/h1-10,19-25,28-31H,11-16,27H2/t19-,20-,21-,22+,23?,24-,25+,26-/m1/s1. The molecule has 10 nitrogen and oxygen atoms in total. The molecule has 4 rings (SSSR count). The van der Waals surface area contributed by atoms with E-state index in [1.807, 2.05) is 60.7 Å². The maximum atomic E-state index is 11.3. The minimum atomic E-state index is -2.46. The van der Waals surface area contributed by atoms with Crippen molar-refractivity contribution in [3.05, 3.63) is 71.8 Å². The van der Waals surface area contributed by atoms with Gasteiger partial charge in [0.2, 0.25) is 5.79 Å². The molecule has 8 atom stereocenters. The molecule has 0 saturated carbocycles. The fourth-order valence-corrected chi connectivity index (χ4v) is 4.43. The third-order valence-electron chi connectivity index (χ3n) is 6.52. The van der Waals surface area contributed by atoms with Crippen molar-refractivity contribution >= 4 is 0 Å². The monoisotopic (exact) mass is 505 g/mol. The van der Waals surface area contributed by atoms with E-state index in [9.17, 15) is 20.4 Å². The molecule has 1 unspecified atom stereocenters. The molecule has 0 aliphatic carbocycles. The summed E-state index contributed by atoms with van der Waals surface area (Å²) in [5.74, 6) is -2.46. The second-order valence-electron chi connectivity index (χ2n) is 9.15. The molecule has 0 radical (unpaired) electrons. The zero-order chi connectivity index (χ0) is 25.5. The first-order valence-corrected chi connectivity index (χ1v) is 12.1. The van der Waals surface area contributed by atoms with Crippen LogP contribution in [0.3, 0.4) is 0 Å². The molecule has 6 N–H and O–H groups in total. The Bertz CT molecular complexity index is 920. The van der Waals surface area contributed by atoms with Gasteiger partial charge in [-0.25, -0.2) is 0 Å². The first kappa shape index (κ1) is 27.1. The lowest BCUT2D eigenvalue weighted by atomic mass is 9.93. The average molecular weight is 506 g/mol. The molecule has 2 aromatic rings. The highest BCUT2D eigenvalue weighted by Crippen LogP contribution is 2.33. The van der Waals surface area contributed by atoms with Gasteiger partial charge < -0.3 is 49.8 Å². The Hall–Kier alpha value is -1.96. The summed E-state index contributed by atoms with van der Waals surface area (Å²) in [6, 6.07) is 18.5. The molecule has 0 amide bonds. The number of aliphatic hydroxyl groups is 4. The molecule has 198 valence electrons. The summed E-state index contributed by atoms with van der Waals surface area (Å²) in [5.41, 5.74) is 8.23. The summed E-state index contributed by atoms with van der Waals surface area (Å²) in [6.45, 7) is -0.126. The van der Waals surface area contributed by atoms with Crippen LogP contribution in [0.2, 0.25) is 0 Å². The zero-order valence-electron chi connectivity index (χ0n) is 20.0. The number of nitrogens with two attached hydrogens (primary N) is 1. The maximum Gasteiger partial charge on any atom is 0.224 e. The van der Waals surface area contributed by atoms with Gasteiger partial charge in [-0.2, -0.15) is 0 Å². The van der Waals surface area contributed by atoms with Crippen LogP contribution in [0, 0.1) is 0 Å². The van der Waals surface area contributed by atoms with E-state index in [1.54, 1.807) is 0 Å². The molecule has 2 fully saturated rings. The molecule has 0 bridgehead atoms. The lowest BCUT2D eigenvalue weighted by molar-refractivity contribution is -0.383. The summed E-state index contributed by atoms with van der Waals surface area (Å²) < 4.78 is 29.2. The number of hydrogen-bond acceptors (Lipinski definition) is 10. The van der Waals surface area contributed by atoms with Crippen LogP contribution in [0.1, 0.15) is 11.1 Å². The van der Waals surface area contributed by atoms with Crippen LogP contribution in [-0.4, -0.2) is 95.3 Å². The van der Waals surface area contributed by atoms with E-state index in [-0.39, 0.29) is 26.4 Å². The minimum absolute atomic E-state index is 0.0830. The number of ether oxygens (including phenoxy) is 5. The summed E-state index contributed by atoms with van der Waals surface area (Å²) in [5, 5.41) is 42.0. The molecule has 0 aromatic heterocycles. The zero-order valence-corrected chi connectivity index (χ0v) is 20.0. The Kier molecular flexibility index (Phi) is 9.42. The van der Waals surface area contributed by atoms with E-state index >= 15 is 0 Å². The number of aliphatic hydroxyl groups excluding tert-OH is 3. The quantitative estimate of drug-likeness (QED) is 0.272. The summed E-state index contributed by atoms with van der Waals surface area (Å²) in [6.07, 6.45) is -6.97. The van der Waals surface area contributed by atoms with E-state index in [2.05, 4.69) is 0 Å². The molecule has 2 aliphatic heterocycles. The van der Waals surface area contributed by atoms with Crippen molar-refractivity contribution in [2.75, 3.05) is 26.4 Å². The number of hydrogen-bond donors (Lipinski definition) is 5. The second kappa shape index (κ2) is 12.5. The van der Waals surface area contributed by atoms with E-state index < -0.39 is 55.1 Å². The van der Waals surface area contributed by atoms with Crippen molar-refractivity contribution in [1.82, 2.24) is 0 Å². The highest BCUT2D eigenvalue weighted by Gasteiger charge is 2.56. The van der Waals surface area contributed by atoms with Crippen LogP contribution in [-0.2, 0) is 36.9 Å². The van der Waals surface area contributed by atoms with Gasteiger partial charge in [0.15, 0.2) is 0 Å². The molecular formula is C26H35NO9. The van der Waals surface area contributed by atoms with Gasteiger partial charge in [-0.1, -0.05) is 60.7 Å². The van der Waals surface area contributed by atoms with Crippen molar-refractivity contribution in [3.63, 3.8) is 0 Å². The molecule has 10 heteroatoms. The van der Waals surface area contributed by atoms with Crippen LogP contribution in [0.5, 0.6) is 0 Å². The molecule has 2 aromatic carbocycles. The van der Waals surface area contributed by atoms with Crippen LogP contribution in [0.15, 0.2) is 60.7 Å². The smallest absolute Gasteiger partial charge is 0.224 e. The Labute approximate surface area is 210 Å². The lowest BCUT2D eigenvalue weighted by Gasteiger charge is -2.49. The summed E-state index contributed by atoms with van der Waals surface area (Å²) >= 11 is 0. The number of rotatable bonds is 10. The Morgan fingerprint density at radius 2 is 1.47 bits per heavy atom. The van der Waals surface area contributed by atoms with Gasteiger partial charge in [0, 0.05) is 0 Å². The number of benzene rings is 2. The van der Waals surface area contributed by atoms with Gasteiger partial charge in [0.25, 0.3) is 0 Å². The summed E-state index contributed by atoms with van der Waals surface area (Å²) in [4.78, 5) is 0. The van der Waals surface area contributed by atoms with Gasteiger partial charge in [-0.3, -0.25) is 0 Å². The summed E-state index contributed by atoms with van der Waals surface area (Å²) in [7, 11) is 0. The first-order chi connectivity index (χ1) is 17.4. The lowest BCUT2D eigenvalue weighted by Crippen LogP contribution is -2.69. The van der Waals surface area contributed by atoms with Crippen LogP contribution < -0.4 is 5.73 Å². The van der Waals surface area contributed by atoms with Gasteiger partial charge in [0.05, 0.1) is 45.7 Å². The van der Waals surface area contributed by atoms with Crippen molar-refractivity contribution in [1.29, 1.82) is 0 Å². The Balaban J connectivity index is 1.53. The third kappa shape index (κ3) is 6.29. The normalized spacial score (nSPS) is 35.0. The van der Waals surface area contributed by atoms with Gasteiger partial charge in [-0.05, 0) is 11.1 Å². The van der Waals surface area contributed by atoms with Gasteiger partial charge >= 0.3 is 0 Å². The average Bonchev–Trinajstić information content (AvgIpc) is 2.90. The van der Waals surface area contributed by atoms with Crippen LogP contribution in [0.25, 0.3) is 0 Å². The van der Waals surface area contributed by atoms with E-state index in [0.717, 1.165) is 11.1 Å². The fourth-order valence-electron chi connectivity index (χ4n) is 4.43. The Morgan fingerprint density at radius 1 is 0.861 bits per heavy atom. The molecule has 2 heterocycles. The van der Waals surface area contributed by atoms with Crippen LogP contribution >= 0.6 is 0 Å². The molecule has 0 spiro atoms. The topological polar surface area (TPSA) is 153 Å². The van der Waals surface area contributed by atoms with Gasteiger partial charge in [0.1, 0.15) is 36.6 Å². The SMILES string of the molecule is N[C@@H]1CO[C@H](COCc2ccccc2)[C@@H](O[C@]2(O)[C@@H](O)CO[C@H](CO)[C@@H]2O)C1OCc1ccccc1. The predicted octanol–water partition coefficient (Wildman–Crippen LogP) is -0.299. The van der Waals surface area contributed by atoms with Crippen molar-refractivity contribution in [3.8, 4) is 0 Å². The second-order valence-corrected chi connectivity index (χ2v) is 9.15. The molecule has 36 heavy (non-hydrogen) atoms. The Morgan fingerprint density at radius 3 is 2.11 bits per heavy atom.